The normalized spacial score (nSPS) is 42.0. The van der Waals surface area contributed by atoms with E-state index in [4.69, 9.17) is 4.74 Å². The second kappa shape index (κ2) is 3.72. The fourth-order valence-corrected chi connectivity index (χ4v) is 2.82. The lowest BCUT2D eigenvalue weighted by Crippen LogP contribution is -2.64. The Balaban J connectivity index is 2.09. The number of ether oxygens (including phenoxy) is 1. The Bertz CT molecular complexity index is 242. The lowest BCUT2D eigenvalue weighted by Gasteiger charge is -2.48. The highest BCUT2D eigenvalue weighted by Gasteiger charge is 2.44. The van der Waals surface area contributed by atoms with Crippen molar-refractivity contribution in [2.45, 2.75) is 51.3 Å². The summed E-state index contributed by atoms with van der Waals surface area (Å²) < 4.78 is 5.73. The summed E-state index contributed by atoms with van der Waals surface area (Å²) in [6.45, 7) is 13.4. The van der Waals surface area contributed by atoms with Crippen molar-refractivity contribution in [2.75, 3.05) is 26.2 Å². The number of nitrogens with zero attached hydrogens (tertiary/aromatic N) is 1. The average molecular weight is 212 g/mol. The standard InChI is InChI=1S/C12H24N2O/c1-10-12(4,5-8-15-10)14-7-6-13-11(2,3)9-14/h10,13H,5-9H2,1-4H3. The maximum absolute atomic E-state index is 5.73. The van der Waals surface area contributed by atoms with Crippen LogP contribution in [0.1, 0.15) is 34.1 Å². The van der Waals surface area contributed by atoms with Gasteiger partial charge >= 0.3 is 0 Å². The first-order chi connectivity index (χ1) is 6.94. The van der Waals surface area contributed by atoms with E-state index in [9.17, 15) is 0 Å². The Labute approximate surface area is 93.2 Å². The molecular formula is C12H24N2O. The lowest BCUT2D eigenvalue weighted by molar-refractivity contribution is -0.00582. The molecule has 2 heterocycles. The quantitative estimate of drug-likeness (QED) is 0.708. The van der Waals surface area contributed by atoms with Gasteiger partial charge in [0.1, 0.15) is 0 Å². The molecular weight excluding hydrogens is 188 g/mol. The van der Waals surface area contributed by atoms with Crippen LogP contribution in [0.25, 0.3) is 0 Å². The van der Waals surface area contributed by atoms with Crippen LogP contribution in [0.4, 0.5) is 0 Å². The number of rotatable bonds is 1. The molecule has 0 amide bonds. The van der Waals surface area contributed by atoms with Crippen LogP contribution >= 0.6 is 0 Å². The van der Waals surface area contributed by atoms with Crippen molar-refractivity contribution in [1.82, 2.24) is 10.2 Å². The molecule has 2 rings (SSSR count). The van der Waals surface area contributed by atoms with Crippen LogP contribution in [0.5, 0.6) is 0 Å². The monoisotopic (exact) mass is 212 g/mol. The van der Waals surface area contributed by atoms with Gasteiger partial charge in [-0.2, -0.15) is 0 Å². The lowest BCUT2D eigenvalue weighted by atomic mass is 9.88. The molecule has 0 saturated carbocycles. The maximum Gasteiger partial charge on any atom is 0.0728 e. The summed E-state index contributed by atoms with van der Waals surface area (Å²) in [5.74, 6) is 0. The van der Waals surface area contributed by atoms with Crippen LogP contribution in [0.15, 0.2) is 0 Å². The number of hydrogen-bond acceptors (Lipinski definition) is 3. The van der Waals surface area contributed by atoms with Gasteiger partial charge in [-0.15, -0.1) is 0 Å². The fraction of sp³-hybridized carbons (Fsp3) is 1.00. The Morgan fingerprint density at radius 3 is 2.60 bits per heavy atom. The molecule has 2 saturated heterocycles. The molecule has 2 aliphatic rings. The van der Waals surface area contributed by atoms with Gasteiger partial charge in [-0.3, -0.25) is 4.90 Å². The summed E-state index contributed by atoms with van der Waals surface area (Å²) in [5, 5.41) is 3.56. The SMILES string of the molecule is CC1OCCC1(C)N1CCNC(C)(C)C1. The van der Waals surface area contributed by atoms with Gasteiger partial charge in [0.25, 0.3) is 0 Å². The molecule has 0 radical (unpaired) electrons. The summed E-state index contributed by atoms with van der Waals surface area (Å²) in [7, 11) is 0. The molecule has 0 bridgehead atoms. The van der Waals surface area contributed by atoms with Gasteiger partial charge < -0.3 is 10.1 Å². The molecule has 0 aliphatic carbocycles. The van der Waals surface area contributed by atoms with E-state index in [1.807, 2.05) is 0 Å². The highest BCUT2D eigenvalue weighted by Crippen LogP contribution is 2.33. The first-order valence-electron chi connectivity index (χ1n) is 6.06. The Morgan fingerprint density at radius 2 is 2.07 bits per heavy atom. The molecule has 3 heteroatoms. The van der Waals surface area contributed by atoms with Gasteiger partial charge in [0.2, 0.25) is 0 Å². The van der Waals surface area contributed by atoms with E-state index in [1.165, 1.54) is 6.42 Å². The first-order valence-corrected chi connectivity index (χ1v) is 6.06. The predicted octanol–water partition coefficient (Wildman–Crippen LogP) is 1.24. The molecule has 2 aliphatic heterocycles. The minimum atomic E-state index is 0.240. The Hall–Kier alpha value is -0.120. The Kier molecular flexibility index (Phi) is 2.82. The molecule has 0 aromatic carbocycles. The maximum atomic E-state index is 5.73. The zero-order valence-electron chi connectivity index (χ0n) is 10.5. The van der Waals surface area contributed by atoms with Gasteiger partial charge in [-0.1, -0.05) is 0 Å². The van der Waals surface area contributed by atoms with Crippen molar-refractivity contribution in [1.29, 1.82) is 0 Å². The van der Waals surface area contributed by atoms with E-state index >= 15 is 0 Å². The van der Waals surface area contributed by atoms with Crippen molar-refractivity contribution >= 4 is 0 Å². The third-order valence-corrected chi connectivity index (χ3v) is 4.15. The van der Waals surface area contributed by atoms with Crippen molar-refractivity contribution in [3.8, 4) is 0 Å². The molecule has 0 spiro atoms. The van der Waals surface area contributed by atoms with E-state index in [2.05, 4.69) is 37.9 Å². The summed E-state index contributed by atoms with van der Waals surface area (Å²) in [6.07, 6.45) is 1.54. The minimum absolute atomic E-state index is 0.240. The van der Waals surface area contributed by atoms with Crippen LogP contribution in [0.2, 0.25) is 0 Å². The fourth-order valence-electron chi connectivity index (χ4n) is 2.82. The molecule has 15 heavy (non-hydrogen) atoms. The molecule has 0 aromatic rings. The molecule has 2 fully saturated rings. The smallest absolute Gasteiger partial charge is 0.0728 e. The van der Waals surface area contributed by atoms with Crippen LogP contribution in [-0.2, 0) is 4.74 Å². The van der Waals surface area contributed by atoms with E-state index in [0.29, 0.717) is 6.10 Å². The zero-order valence-corrected chi connectivity index (χ0v) is 10.5. The summed E-state index contributed by atoms with van der Waals surface area (Å²) in [6, 6.07) is 0. The highest BCUT2D eigenvalue weighted by molar-refractivity contribution is 5.00. The van der Waals surface area contributed by atoms with E-state index in [1.54, 1.807) is 0 Å². The van der Waals surface area contributed by atoms with Gasteiger partial charge in [0, 0.05) is 37.3 Å². The summed E-state index contributed by atoms with van der Waals surface area (Å²) in [5.41, 5.74) is 0.489. The highest BCUT2D eigenvalue weighted by atomic mass is 16.5. The number of piperazine rings is 1. The van der Waals surface area contributed by atoms with E-state index in [-0.39, 0.29) is 11.1 Å². The number of hydrogen-bond donors (Lipinski definition) is 1. The van der Waals surface area contributed by atoms with Gasteiger partial charge in [-0.05, 0) is 34.1 Å². The molecule has 88 valence electrons. The van der Waals surface area contributed by atoms with Crippen LogP contribution < -0.4 is 5.32 Å². The van der Waals surface area contributed by atoms with Crippen LogP contribution in [0.3, 0.4) is 0 Å². The van der Waals surface area contributed by atoms with Gasteiger partial charge in [-0.25, -0.2) is 0 Å². The third-order valence-electron chi connectivity index (χ3n) is 4.15. The Morgan fingerprint density at radius 1 is 1.33 bits per heavy atom. The molecule has 0 aromatic heterocycles. The van der Waals surface area contributed by atoms with Gasteiger partial charge in [0.15, 0.2) is 0 Å². The third kappa shape index (κ3) is 2.05. The second-order valence-corrected chi connectivity index (χ2v) is 5.85. The summed E-state index contributed by atoms with van der Waals surface area (Å²) >= 11 is 0. The van der Waals surface area contributed by atoms with Crippen molar-refractivity contribution in [2.24, 2.45) is 0 Å². The van der Waals surface area contributed by atoms with Crippen LogP contribution in [0, 0.1) is 0 Å². The molecule has 1 N–H and O–H groups in total. The van der Waals surface area contributed by atoms with Crippen molar-refractivity contribution in [3.05, 3.63) is 0 Å². The largest absolute Gasteiger partial charge is 0.377 e. The van der Waals surface area contributed by atoms with Crippen molar-refractivity contribution < 1.29 is 4.74 Å². The molecule has 3 nitrogen and oxygen atoms in total. The van der Waals surface area contributed by atoms with Crippen LogP contribution in [-0.4, -0.2) is 48.3 Å². The van der Waals surface area contributed by atoms with Crippen molar-refractivity contribution in [3.63, 3.8) is 0 Å². The van der Waals surface area contributed by atoms with E-state index < -0.39 is 0 Å². The number of nitrogens with one attached hydrogen (secondary N) is 1. The van der Waals surface area contributed by atoms with Gasteiger partial charge in [0.05, 0.1) is 6.10 Å². The first kappa shape index (κ1) is 11.4. The second-order valence-electron chi connectivity index (χ2n) is 5.85. The topological polar surface area (TPSA) is 24.5 Å². The average Bonchev–Trinajstić information content (AvgIpc) is 2.47. The zero-order chi connectivity index (χ0) is 11.1. The minimum Gasteiger partial charge on any atom is -0.377 e. The van der Waals surface area contributed by atoms with E-state index in [0.717, 1.165) is 26.2 Å². The molecule has 2 atom stereocenters. The predicted molar refractivity (Wildman–Crippen MR) is 62.1 cm³/mol. The molecule has 2 unspecified atom stereocenters. The summed E-state index contributed by atoms with van der Waals surface area (Å²) in [4.78, 5) is 2.61.